The van der Waals surface area contributed by atoms with Crippen LogP contribution in [0.1, 0.15) is 42.6 Å². The molecule has 0 spiro atoms. The third kappa shape index (κ3) is 7.79. The number of alkyl halides is 1. The number of allylic oxidation sites excluding steroid dienone is 2. The fourth-order valence-electron chi connectivity index (χ4n) is 2.37. The number of carbonyl (C=O) groups excluding carboxylic acids is 4. The molecule has 0 aromatic carbocycles. The summed E-state index contributed by atoms with van der Waals surface area (Å²) in [5.41, 5.74) is 2.38. The number of halogens is 2. The van der Waals surface area contributed by atoms with Gasteiger partial charge < -0.3 is 5.32 Å². The molecule has 3 rings (SSSR count). The predicted molar refractivity (Wildman–Crippen MR) is 111 cm³/mol. The first-order valence-corrected chi connectivity index (χ1v) is 9.71. The maximum atomic E-state index is 11.1. The minimum atomic E-state index is -0.295. The number of aromatic nitrogens is 1. The molecule has 29 heavy (non-hydrogen) atoms. The van der Waals surface area contributed by atoms with Crippen molar-refractivity contribution < 1.29 is 19.2 Å². The molecular weight excluding hydrogens is 417 g/mol. The van der Waals surface area contributed by atoms with Gasteiger partial charge in [-0.25, -0.2) is 0 Å². The second-order valence-corrected chi connectivity index (χ2v) is 6.89. The third-order valence-corrected chi connectivity index (χ3v) is 4.69. The summed E-state index contributed by atoms with van der Waals surface area (Å²) in [4.78, 5) is 46.5. The first kappa shape index (κ1) is 24.5. The van der Waals surface area contributed by atoms with Crippen molar-refractivity contribution >= 4 is 46.8 Å². The standard InChI is InChI=1S/C8H8ClNO.C8H11NO.C4H4ClNO2/c1-6-2-3-10-5-7(6)8(11)4-9;1-6-3-4-9-5-8(6)7(2)10;5-6-3(7)1-2-4(6)8/h2-3,5H,4H2,1H3;3-6,9H,1-2H3;1-2H2. The molecule has 1 aromatic heterocycles. The number of nitrogens with one attached hydrogen (secondary N) is 1. The van der Waals surface area contributed by atoms with Gasteiger partial charge in [-0.1, -0.05) is 13.0 Å². The minimum Gasteiger partial charge on any atom is -0.368 e. The molecule has 1 N–H and O–H groups in total. The summed E-state index contributed by atoms with van der Waals surface area (Å²) in [6.07, 6.45) is 9.30. The number of amides is 2. The smallest absolute Gasteiger partial charge is 0.244 e. The fraction of sp³-hybridized carbons (Fsp3) is 0.350. The van der Waals surface area contributed by atoms with Gasteiger partial charge in [0.05, 0.1) is 5.88 Å². The third-order valence-electron chi connectivity index (χ3n) is 4.07. The highest BCUT2D eigenvalue weighted by Crippen LogP contribution is 2.14. The van der Waals surface area contributed by atoms with E-state index in [1.807, 2.05) is 26.1 Å². The van der Waals surface area contributed by atoms with Gasteiger partial charge in [-0.3, -0.25) is 24.2 Å². The van der Waals surface area contributed by atoms with Gasteiger partial charge in [-0.05, 0) is 31.7 Å². The zero-order chi connectivity index (χ0) is 22.0. The van der Waals surface area contributed by atoms with Gasteiger partial charge in [-0.15, -0.1) is 11.6 Å². The Kier molecular flexibility index (Phi) is 10.3. The van der Waals surface area contributed by atoms with Crippen LogP contribution in [0.2, 0.25) is 0 Å². The number of ketones is 2. The van der Waals surface area contributed by atoms with E-state index in [1.54, 1.807) is 31.6 Å². The van der Waals surface area contributed by atoms with Crippen LogP contribution < -0.4 is 5.32 Å². The molecule has 1 atom stereocenters. The molecule has 2 aliphatic rings. The van der Waals surface area contributed by atoms with Crippen molar-refractivity contribution in [1.29, 1.82) is 0 Å². The molecule has 0 aliphatic carbocycles. The number of nitrogens with zero attached hydrogens (tertiary/aromatic N) is 2. The van der Waals surface area contributed by atoms with Crippen LogP contribution in [-0.4, -0.2) is 38.7 Å². The SMILES string of the molecule is CC(=O)C1=CNC=CC1C.Cc1ccncc1C(=O)CCl.O=C1CCC(=O)N1Cl. The average molecular weight is 440 g/mol. The molecule has 1 unspecified atom stereocenters. The first-order valence-electron chi connectivity index (χ1n) is 8.84. The Bertz CT molecular complexity index is 821. The van der Waals surface area contributed by atoms with Crippen molar-refractivity contribution in [1.82, 2.24) is 14.7 Å². The highest BCUT2D eigenvalue weighted by molar-refractivity contribution is 6.32. The summed E-state index contributed by atoms with van der Waals surface area (Å²) in [5.74, 6) is -0.235. The van der Waals surface area contributed by atoms with Crippen LogP contribution in [-0.2, 0) is 14.4 Å². The molecule has 1 aromatic rings. The van der Waals surface area contributed by atoms with Gasteiger partial charge in [0.1, 0.15) is 0 Å². The second-order valence-electron chi connectivity index (χ2n) is 6.29. The minimum absolute atomic E-state index is 0.0204. The monoisotopic (exact) mass is 439 g/mol. The summed E-state index contributed by atoms with van der Waals surface area (Å²) in [7, 11) is 0. The van der Waals surface area contributed by atoms with Crippen LogP contribution in [0.15, 0.2) is 42.5 Å². The van der Waals surface area contributed by atoms with Crippen LogP contribution in [0.5, 0.6) is 0 Å². The molecule has 7 nitrogen and oxygen atoms in total. The Morgan fingerprint density at radius 3 is 2.28 bits per heavy atom. The van der Waals surface area contributed by atoms with Crippen molar-refractivity contribution in [3.05, 3.63) is 53.6 Å². The van der Waals surface area contributed by atoms with Crippen molar-refractivity contribution in [2.75, 3.05) is 5.88 Å². The molecule has 0 radical (unpaired) electrons. The highest BCUT2D eigenvalue weighted by Gasteiger charge is 2.26. The molecule has 2 aliphatic heterocycles. The fourth-order valence-corrected chi connectivity index (χ4v) is 2.69. The van der Waals surface area contributed by atoms with E-state index < -0.39 is 0 Å². The molecule has 0 saturated carbocycles. The Balaban J connectivity index is 0.000000220. The van der Waals surface area contributed by atoms with E-state index in [9.17, 15) is 19.2 Å². The van der Waals surface area contributed by atoms with E-state index in [0.717, 1.165) is 11.1 Å². The molecule has 1 fully saturated rings. The summed E-state index contributed by atoms with van der Waals surface area (Å²) in [6, 6.07) is 1.79. The lowest BCUT2D eigenvalue weighted by molar-refractivity contribution is -0.132. The van der Waals surface area contributed by atoms with Crippen molar-refractivity contribution in [3.8, 4) is 0 Å². The summed E-state index contributed by atoms with van der Waals surface area (Å²) < 4.78 is 0.639. The zero-order valence-corrected chi connectivity index (χ0v) is 18.0. The maximum absolute atomic E-state index is 11.1. The molecule has 2 amide bonds. The van der Waals surface area contributed by atoms with E-state index in [0.29, 0.717) is 9.98 Å². The number of rotatable bonds is 3. The first-order chi connectivity index (χ1) is 13.7. The molecular formula is C20H23Cl2N3O4. The lowest BCUT2D eigenvalue weighted by atomic mass is 9.97. The van der Waals surface area contributed by atoms with Crippen LogP contribution in [0.4, 0.5) is 0 Å². The van der Waals surface area contributed by atoms with E-state index in [-0.39, 0.29) is 48.0 Å². The topological polar surface area (TPSA) is 96.4 Å². The number of imide groups is 1. The van der Waals surface area contributed by atoms with Crippen LogP contribution >= 0.6 is 23.4 Å². The zero-order valence-electron chi connectivity index (χ0n) is 16.4. The molecule has 9 heteroatoms. The quantitative estimate of drug-likeness (QED) is 0.335. The van der Waals surface area contributed by atoms with Crippen LogP contribution in [0, 0.1) is 12.8 Å². The van der Waals surface area contributed by atoms with Crippen LogP contribution in [0.25, 0.3) is 0 Å². The van der Waals surface area contributed by atoms with E-state index >= 15 is 0 Å². The van der Waals surface area contributed by atoms with Crippen molar-refractivity contribution in [2.45, 2.75) is 33.6 Å². The number of carbonyl (C=O) groups is 4. The van der Waals surface area contributed by atoms with Gasteiger partial charge in [0.2, 0.25) is 11.8 Å². The largest absolute Gasteiger partial charge is 0.368 e. The Hall–Kier alpha value is -2.51. The van der Waals surface area contributed by atoms with E-state index in [4.69, 9.17) is 23.4 Å². The number of aryl methyl sites for hydroxylation is 1. The average Bonchev–Trinajstić information content (AvgIpc) is 3.00. The van der Waals surface area contributed by atoms with Gasteiger partial charge in [-0.2, -0.15) is 4.42 Å². The van der Waals surface area contributed by atoms with Crippen molar-refractivity contribution in [3.63, 3.8) is 0 Å². The van der Waals surface area contributed by atoms with Crippen molar-refractivity contribution in [2.24, 2.45) is 5.92 Å². The van der Waals surface area contributed by atoms with E-state index in [2.05, 4.69) is 10.3 Å². The number of hydrogen-bond acceptors (Lipinski definition) is 6. The number of Topliss-reactive ketones (excluding diaryl/α,β-unsaturated/α-hetero) is 2. The summed E-state index contributed by atoms with van der Waals surface area (Å²) in [5, 5.41) is 2.88. The lowest BCUT2D eigenvalue weighted by Gasteiger charge is -2.12. The summed E-state index contributed by atoms with van der Waals surface area (Å²) >= 11 is 10.5. The molecule has 0 bridgehead atoms. The molecule has 3 heterocycles. The predicted octanol–water partition coefficient (Wildman–Crippen LogP) is 3.31. The lowest BCUT2D eigenvalue weighted by Crippen LogP contribution is -2.16. The normalized spacial score (nSPS) is 17.3. The molecule has 1 saturated heterocycles. The number of pyridine rings is 1. The maximum Gasteiger partial charge on any atom is 0.244 e. The van der Waals surface area contributed by atoms with E-state index in [1.165, 1.54) is 0 Å². The Morgan fingerprint density at radius 1 is 1.28 bits per heavy atom. The number of dihydropyridines is 1. The molecule has 156 valence electrons. The Morgan fingerprint density at radius 2 is 1.90 bits per heavy atom. The van der Waals surface area contributed by atoms with Gasteiger partial charge in [0.15, 0.2) is 11.6 Å². The van der Waals surface area contributed by atoms with Gasteiger partial charge in [0.25, 0.3) is 0 Å². The summed E-state index contributed by atoms with van der Waals surface area (Å²) in [6.45, 7) is 5.45. The second kappa shape index (κ2) is 12.1. The van der Waals surface area contributed by atoms with Gasteiger partial charge >= 0.3 is 0 Å². The highest BCUT2D eigenvalue weighted by atomic mass is 35.5. The van der Waals surface area contributed by atoms with Gasteiger partial charge in [0, 0.05) is 60.3 Å². The van der Waals surface area contributed by atoms with Crippen LogP contribution in [0.3, 0.4) is 0 Å². The Labute approximate surface area is 179 Å². The number of hydrogen-bond donors (Lipinski definition) is 1.